The second-order valence-electron chi connectivity index (χ2n) is 2.74. The lowest BCUT2D eigenvalue weighted by Crippen LogP contribution is -2.30. The highest BCUT2D eigenvalue weighted by atomic mass is 32.2. The molecule has 0 aromatic rings. The van der Waals surface area contributed by atoms with E-state index in [0.29, 0.717) is 25.3 Å². The Kier molecular flexibility index (Phi) is 2.97. The first kappa shape index (κ1) is 9.38. The van der Waals surface area contributed by atoms with E-state index in [1.807, 2.05) is 0 Å². The molecule has 68 valence electrons. The van der Waals surface area contributed by atoms with E-state index in [9.17, 15) is 13.8 Å². The van der Waals surface area contributed by atoms with Crippen molar-refractivity contribution in [2.24, 2.45) is 0 Å². The predicted octanol–water partition coefficient (Wildman–Crippen LogP) is -0.834. The number of carbonyl (C=O) groups excluding carboxylic acids is 2. The van der Waals surface area contributed by atoms with Gasteiger partial charge in [0.2, 0.25) is 5.78 Å². The lowest BCUT2D eigenvalue weighted by atomic mass is 10.3. The summed E-state index contributed by atoms with van der Waals surface area (Å²) >= 11 is 0. The highest BCUT2D eigenvalue weighted by molar-refractivity contribution is 7.84. The molecule has 0 N–H and O–H groups in total. The molecule has 0 saturated carbocycles. The molecular weight excluding hydrogens is 178 g/mol. The first-order valence-corrected chi connectivity index (χ1v) is 5.46. The zero-order valence-corrected chi connectivity index (χ0v) is 7.73. The first-order valence-electron chi connectivity index (χ1n) is 3.73. The van der Waals surface area contributed by atoms with Crippen molar-refractivity contribution in [3.05, 3.63) is 0 Å². The van der Waals surface area contributed by atoms with Crippen LogP contribution in [0.2, 0.25) is 0 Å². The molecule has 1 rings (SSSR count). The Balaban J connectivity index is 2.39. The van der Waals surface area contributed by atoms with E-state index in [-0.39, 0.29) is 5.78 Å². The fourth-order valence-electron chi connectivity index (χ4n) is 1.07. The fraction of sp³-hybridized carbons (Fsp3) is 0.714. The molecule has 1 saturated heterocycles. The van der Waals surface area contributed by atoms with Gasteiger partial charge in [0, 0.05) is 42.3 Å². The van der Waals surface area contributed by atoms with E-state index < -0.39 is 16.7 Å². The lowest BCUT2D eigenvalue weighted by Gasteiger charge is -2.12. The SMILES string of the molecule is CS(=O)CCN1CCC(=O)C1=O. The van der Waals surface area contributed by atoms with Crippen molar-refractivity contribution in [1.29, 1.82) is 0 Å². The molecule has 0 aromatic heterocycles. The molecule has 0 aliphatic carbocycles. The quantitative estimate of drug-likeness (QED) is 0.544. The summed E-state index contributed by atoms with van der Waals surface area (Å²) < 4.78 is 10.7. The Morgan fingerprint density at radius 3 is 2.58 bits per heavy atom. The number of nitrogens with zero attached hydrogens (tertiary/aromatic N) is 1. The van der Waals surface area contributed by atoms with Crippen molar-refractivity contribution in [1.82, 2.24) is 4.90 Å². The van der Waals surface area contributed by atoms with Crippen molar-refractivity contribution in [3.8, 4) is 0 Å². The van der Waals surface area contributed by atoms with Gasteiger partial charge < -0.3 is 4.90 Å². The number of Topliss-reactive ketones (excluding diaryl/α,β-unsaturated/α-hetero) is 1. The van der Waals surface area contributed by atoms with Gasteiger partial charge in [-0.2, -0.15) is 0 Å². The molecule has 1 atom stereocenters. The molecule has 1 aliphatic rings. The summed E-state index contributed by atoms with van der Waals surface area (Å²) in [5.74, 6) is -0.281. The van der Waals surface area contributed by atoms with Crippen LogP contribution >= 0.6 is 0 Å². The number of ketones is 1. The minimum absolute atomic E-state index is 0.315. The summed E-state index contributed by atoms with van der Waals surface area (Å²) in [5.41, 5.74) is 0. The molecule has 1 unspecified atom stereocenters. The van der Waals surface area contributed by atoms with Crippen molar-refractivity contribution >= 4 is 22.5 Å². The summed E-state index contributed by atoms with van der Waals surface area (Å²) in [6, 6.07) is 0. The number of hydrogen-bond donors (Lipinski definition) is 0. The fourth-order valence-corrected chi connectivity index (χ4v) is 1.55. The zero-order chi connectivity index (χ0) is 9.14. The van der Waals surface area contributed by atoms with Gasteiger partial charge in [-0.15, -0.1) is 0 Å². The largest absolute Gasteiger partial charge is 0.335 e. The summed E-state index contributed by atoms with van der Waals surface area (Å²) in [6.45, 7) is 0.933. The van der Waals surface area contributed by atoms with E-state index in [2.05, 4.69) is 0 Å². The second-order valence-corrected chi connectivity index (χ2v) is 4.30. The van der Waals surface area contributed by atoms with Gasteiger partial charge in [-0.1, -0.05) is 0 Å². The first-order chi connectivity index (χ1) is 5.61. The normalized spacial score (nSPS) is 20.2. The van der Waals surface area contributed by atoms with Crippen LogP contribution in [0.3, 0.4) is 0 Å². The molecule has 1 aliphatic heterocycles. The maximum absolute atomic E-state index is 11.0. The van der Waals surface area contributed by atoms with Crippen LogP contribution in [0, 0.1) is 0 Å². The van der Waals surface area contributed by atoms with Gasteiger partial charge in [-0.3, -0.25) is 13.8 Å². The molecule has 1 amide bonds. The van der Waals surface area contributed by atoms with Gasteiger partial charge in [0.15, 0.2) is 0 Å². The maximum Gasteiger partial charge on any atom is 0.290 e. The number of carbonyl (C=O) groups is 2. The summed E-state index contributed by atoms with van der Waals surface area (Å²) in [5, 5.41) is 0. The number of amides is 1. The monoisotopic (exact) mass is 189 g/mol. The molecule has 12 heavy (non-hydrogen) atoms. The van der Waals surface area contributed by atoms with E-state index in [4.69, 9.17) is 0 Å². The Hall–Kier alpha value is -0.710. The number of likely N-dealkylation sites (tertiary alicyclic amines) is 1. The molecular formula is C7H11NO3S. The number of rotatable bonds is 3. The summed E-state index contributed by atoms with van der Waals surface area (Å²) in [6.07, 6.45) is 1.90. The van der Waals surface area contributed by atoms with Crippen LogP contribution < -0.4 is 0 Å². The molecule has 1 heterocycles. The Morgan fingerprint density at radius 1 is 1.50 bits per heavy atom. The van der Waals surface area contributed by atoms with Crippen LogP contribution in [0.4, 0.5) is 0 Å². The van der Waals surface area contributed by atoms with Crippen LogP contribution in [0.5, 0.6) is 0 Å². The van der Waals surface area contributed by atoms with Crippen LogP contribution in [0.25, 0.3) is 0 Å². The molecule has 0 aromatic carbocycles. The van der Waals surface area contributed by atoms with Crippen LogP contribution in [0.1, 0.15) is 6.42 Å². The van der Waals surface area contributed by atoms with Crippen molar-refractivity contribution < 1.29 is 13.8 Å². The third-order valence-electron chi connectivity index (χ3n) is 1.78. The van der Waals surface area contributed by atoms with Crippen molar-refractivity contribution in [2.45, 2.75) is 6.42 Å². The van der Waals surface area contributed by atoms with E-state index in [0.717, 1.165) is 0 Å². The topological polar surface area (TPSA) is 54.5 Å². The van der Waals surface area contributed by atoms with Crippen LogP contribution in [-0.2, 0) is 20.4 Å². The van der Waals surface area contributed by atoms with Crippen LogP contribution in [-0.4, -0.2) is 45.9 Å². The van der Waals surface area contributed by atoms with Gasteiger partial charge >= 0.3 is 0 Å². The van der Waals surface area contributed by atoms with Gasteiger partial charge in [-0.05, 0) is 0 Å². The minimum Gasteiger partial charge on any atom is -0.335 e. The number of hydrogen-bond acceptors (Lipinski definition) is 3. The standard InChI is InChI=1S/C7H11NO3S/c1-12(11)5-4-8-3-2-6(9)7(8)10/h2-5H2,1H3. The van der Waals surface area contributed by atoms with Crippen LogP contribution in [0.15, 0.2) is 0 Å². The molecule has 5 heteroatoms. The maximum atomic E-state index is 11.0. The molecule has 1 fully saturated rings. The van der Waals surface area contributed by atoms with E-state index >= 15 is 0 Å². The third-order valence-corrected chi connectivity index (χ3v) is 2.54. The average Bonchev–Trinajstić information content (AvgIpc) is 2.30. The minimum atomic E-state index is -0.893. The van der Waals surface area contributed by atoms with Crippen molar-refractivity contribution in [2.75, 3.05) is 25.1 Å². The zero-order valence-electron chi connectivity index (χ0n) is 6.91. The predicted molar refractivity (Wildman–Crippen MR) is 45.1 cm³/mol. The Bertz CT molecular complexity index is 239. The highest BCUT2D eigenvalue weighted by Crippen LogP contribution is 2.05. The molecule has 4 nitrogen and oxygen atoms in total. The Morgan fingerprint density at radius 2 is 2.17 bits per heavy atom. The van der Waals surface area contributed by atoms with Gasteiger partial charge in [0.1, 0.15) is 0 Å². The molecule has 0 radical (unpaired) electrons. The summed E-state index contributed by atoms with van der Waals surface area (Å²) in [4.78, 5) is 23.2. The lowest BCUT2D eigenvalue weighted by molar-refractivity contribution is -0.139. The smallest absolute Gasteiger partial charge is 0.290 e. The highest BCUT2D eigenvalue weighted by Gasteiger charge is 2.28. The summed E-state index contributed by atoms with van der Waals surface area (Å²) in [7, 11) is -0.893. The average molecular weight is 189 g/mol. The molecule has 0 spiro atoms. The van der Waals surface area contributed by atoms with Crippen molar-refractivity contribution in [3.63, 3.8) is 0 Å². The van der Waals surface area contributed by atoms with Gasteiger partial charge in [0.25, 0.3) is 5.91 Å². The van der Waals surface area contributed by atoms with E-state index in [1.54, 1.807) is 6.26 Å². The third kappa shape index (κ3) is 2.14. The molecule has 0 bridgehead atoms. The second kappa shape index (κ2) is 3.80. The van der Waals surface area contributed by atoms with Gasteiger partial charge in [0.05, 0.1) is 0 Å². The van der Waals surface area contributed by atoms with E-state index in [1.165, 1.54) is 4.90 Å². The Labute approximate surface area is 73.4 Å². The van der Waals surface area contributed by atoms with Gasteiger partial charge in [-0.25, -0.2) is 0 Å².